The summed E-state index contributed by atoms with van der Waals surface area (Å²) < 4.78 is 12.1. The number of nitrogens with zero attached hydrogens (tertiary/aromatic N) is 3. The van der Waals surface area contributed by atoms with Gasteiger partial charge in [0.15, 0.2) is 0 Å². The Balaban J connectivity index is 1.78. The van der Waals surface area contributed by atoms with Gasteiger partial charge in [0.1, 0.15) is 6.04 Å². The van der Waals surface area contributed by atoms with E-state index in [1.165, 1.54) is 0 Å². The Hall–Kier alpha value is -4.53. The molecule has 0 radical (unpaired) electrons. The van der Waals surface area contributed by atoms with Crippen LogP contribution in [0, 0.1) is 23.7 Å². The van der Waals surface area contributed by atoms with E-state index < -0.39 is 42.3 Å². The van der Waals surface area contributed by atoms with Crippen molar-refractivity contribution in [2.24, 2.45) is 23.7 Å². The lowest BCUT2D eigenvalue weighted by Gasteiger charge is -2.41. The van der Waals surface area contributed by atoms with E-state index in [4.69, 9.17) is 9.47 Å². The van der Waals surface area contributed by atoms with Gasteiger partial charge in [0.05, 0.1) is 48.7 Å². The van der Waals surface area contributed by atoms with E-state index in [2.05, 4.69) is 21.3 Å². The summed E-state index contributed by atoms with van der Waals surface area (Å²) in [4.78, 5) is 74.9. The van der Waals surface area contributed by atoms with Crippen molar-refractivity contribution < 1.29 is 33.4 Å². The van der Waals surface area contributed by atoms with Crippen molar-refractivity contribution in [3.05, 3.63) is 65.7 Å². The molecule has 0 spiro atoms. The van der Waals surface area contributed by atoms with E-state index in [1.54, 1.807) is 38.3 Å². The molecule has 14 nitrogen and oxygen atoms in total. The van der Waals surface area contributed by atoms with E-state index in [-0.39, 0.29) is 66.3 Å². The predicted molar refractivity (Wildman–Crippen MR) is 250 cm³/mol. The van der Waals surface area contributed by atoms with E-state index in [0.717, 1.165) is 30.6 Å². The van der Waals surface area contributed by atoms with Crippen molar-refractivity contribution in [3.63, 3.8) is 0 Å². The van der Waals surface area contributed by atoms with Crippen LogP contribution in [0.2, 0.25) is 0 Å². The molecular weight excluding hydrogens is 799 g/mol. The minimum atomic E-state index is -0.773. The third-order valence-corrected chi connectivity index (χ3v) is 12.7. The number of methoxy groups -OCH3 is 2. The van der Waals surface area contributed by atoms with Crippen LogP contribution in [0.4, 0.5) is 5.69 Å². The van der Waals surface area contributed by atoms with Gasteiger partial charge in [-0.2, -0.15) is 0 Å². The number of amides is 5. The molecule has 1 saturated heterocycles. The third-order valence-electron chi connectivity index (χ3n) is 12.7. The molecule has 1 heterocycles. The molecule has 0 bridgehead atoms. The Morgan fingerprint density at radius 2 is 1.48 bits per heavy atom. The van der Waals surface area contributed by atoms with Gasteiger partial charge in [-0.05, 0) is 87.9 Å². The summed E-state index contributed by atoms with van der Waals surface area (Å²) in [5.74, 6) is -1.88. The highest BCUT2D eigenvalue weighted by Gasteiger charge is 2.43. The zero-order chi connectivity index (χ0) is 47.0. The molecule has 1 aliphatic rings. The SMILES string of the molecule is CCNc1ccc(C(=O)NCC(Cc2ccccc2)NC(=O)C(C)C(OC)C2CCCN2C(=O)CC(OC)C(C(C)CC)N(C)C(=O)[C@@H](NC(=O)C(C(C)C)N(C)C)C(C)C)cc1. The summed E-state index contributed by atoms with van der Waals surface area (Å²) in [6.07, 6.45) is 1.39. The summed E-state index contributed by atoms with van der Waals surface area (Å²) >= 11 is 0. The van der Waals surface area contributed by atoms with E-state index >= 15 is 0 Å². The normalized spacial score (nSPS) is 17.9. The van der Waals surface area contributed by atoms with Gasteiger partial charge < -0.3 is 40.5 Å². The molecule has 5 amide bonds. The van der Waals surface area contributed by atoms with Gasteiger partial charge in [-0.25, -0.2) is 0 Å². The van der Waals surface area contributed by atoms with E-state index in [1.807, 2.05) is 122 Å². The van der Waals surface area contributed by atoms with Crippen LogP contribution in [-0.2, 0) is 35.1 Å². The molecule has 8 unspecified atom stereocenters. The molecule has 0 saturated carbocycles. The van der Waals surface area contributed by atoms with Gasteiger partial charge in [-0.1, -0.05) is 85.2 Å². The first-order chi connectivity index (χ1) is 29.9. The quantitative estimate of drug-likeness (QED) is 0.105. The number of likely N-dealkylation sites (tertiary alicyclic amines) is 1. The molecule has 1 fully saturated rings. The van der Waals surface area contributed by atoms with Crippen molar-refractivity contribution in [2.45, 2.75) is 130 Å². The fourth-order valence-electron chi connectivity index (χ4n) is 9.08. The molecule has 63 heavy (non-hydrogen) atoms. The van der Waals surface area contributed by atoms with Crippen molar-refractivity contribution in [1.29, 1.82) is 0 Å². The molecule has 2 aromatic carbocycles. The molecule has 0 aliphatic carbocycles. The zero-order valence-electron chi connectivity index (χ0n) is 40.4. The molecule has 4 N–H and O–H groups in total. The highest BCUT2D eigenvalue weighted by atomic mass is 16.5. The number of carbonyl (C=O) groups is 5. The Kier molecular flexibility index (Phi) is 21.5. The number of ether oxygens (including phenoxy) is 2. The number of hydrogen-bond donors (Lipinski definition) is 4. The second-order valence-corrected chi connectivity index (χ2v) is 18.2. The van der Waals surface area contributed by atoms with Crippen molar-refractivity contribution in [1.82, 2.24) is 30.7 Å². The molecule has 14 heteroatoms. The highest BCUT2D eigenvalue weighted by molar-refractivity contribution is 5.94. The summed E-state index contributed by atoms with van der Waals surface area (Å²) in [5, 5.41) is 12.5. The first-order valence-corrected chi connectivity index (χ1v) is 22.9. The highest BCUT2D eigenvalue weighted by Crippen LogP contribution is 2.30. The maximum atomic E-state index is 14.4. The molecule has 2 aromatic rings. The topological polar surface area (TPSA) is 162 Å². The lowest BCUT2D eigenvalue weighted by atomic mass is 9.89. The van der Waals surface area contributed by atoms with Crippen molar-refractivity contribution in [3.8, 4) is 0 Å². The Bertz CT molecular complexity index is 1730. The van der Waals surface area contributed by atoms with Crippen LogP contribution in [0.5, 0.6) is 0 Å². The van der Waals surface area contributed by atoms with Crippen molar-refractivity contribution >= 4 is 35.2 Å². The monoisotopic (exact) mass is 878 g/mol. The number of rotatable bonds is 25. The molecule has 352 valence electrons. The Morgan fingerprint density at radius 1 is 0.825 bits per heavy atom. The molecular formula is C49H79N7O7. The van der Waals surface area contributed by atoms with Crippen molar-refractivity contribution in [2.75, 3.05) is 60.3 Å². The number of hydrogen-bond acceptors (Lipinski definition) is 9. The fourth-order valence-corrected chi connectivity index (χ4v) is 9.08. The standard InChI is InChI=1S/C49H79N7O7/c1-14-33(7)44(55(11)49(61)42(31(3)4)53-48(60)43(32(5)6)54(9)10)40(62-12)29-41(57)56-27-19-22-39(56)45(63-13)34(8)46(58)52-38(28-35-20-17-16-18-21-35)30-51-47(59)36-23-25-37(26-24-36)50-15-2/h16-18,20-21,23-26,31-34,38-40,42-45,50H,14-15,19,22,27-30H2,1-13H3,(H,51,59)(H,52,58)(H,53,60)/t33?,34?,38?,39?,40?,42-,43?,44?,45?/m0/s1. The van der Waals surface area contributed by atoms with Gasteiger partial charge >= 0.3 is 0 Å². The second-order valence-electron chi connectivity index (χ2n) is 18.2. The number of nitrogens with one attached hydrogen (secondary N) is 4. The zero-order valence-corrected chi connectivity index (χ0v) is 40.4. The molecule has 1 aliphatic heterocycles. The number of benzene rings is 2. The number of carbonyl (C=O) groups excluding carboxylic acids is 5. The number of anilines is 1. The van der Waals surface area contributed by atoms with Crippen LogP contribution in [0.1, 0.15) is 97.0 Å². The maximum Gasteiger partial charge on any atom is 0.251 e. The third kappa shape index (κ3) is 14.8. The van der Waals surface area contributed by atoms with E-state index in [0.29, 0.717) is 24.9 Å². The molecule has 0 aromatic heterocycles. The summed E-state index contributed by atoms with van der Waals surface area (Å²) in [6.45, 7) is 17.2. The minimum Gasteiger partial charge on any atom is -0.385 e. The number of likely N-dealkylation sites (N-methyl/N-ethyl adjacent to an activating group) is 2. The summed E-state index contributed by atoms with van der Waals surface area (Å²) in [6, 6.07) is 14.7. The van der Waals surface area contributed by atoms with E-state index in [9.17, 15) is 24.0 Å². The first-order valence-electron chi connectivity index (χ1n) is 22.9. The van der Waals surface area contributed by atoms with Crippen LogP contribution in [-0.4, -0.2) is 142 Å². The molecule has 9 atom stereocenters. The van der Waals surface area contributed by atoms with Crippen LogP contribution < -0.4 is 21.3 Å². The largest absolute Gasteiger partial charge is 0.385 e. The molecule has 3 rings (SSSR count). The fraction of sp³-hybridized carbons (Fsp3) is 0.653. The first kappa shape index (κ1) is 52.8. The van der Waals surface area contributed by atoms with Crippen LogP contribution in [0.3, 0.4) is 0 Å². The van der Waals surface area contributed by atoms with Crippen LogP contribution >= 0.6 is 0 Å². The van der Waals surface area contributed by atoms with Crippen LogP contribution in [0.15, 0.2) is 54.6 Å². The van der Waals surface area contributed by atoms with Crippen LogP contribution in [0.25, 0.3) is 0 Å². The van der Waals surface area contributed by atoms with Gasteiger partial charge in [0.2, 0.25) is 23.6 Å². The second kappa shape index (κ2) is 25.7. The smallest absolute Gasteiger partial charge is 0.251 e. The van der Waals surface area contributed by atoms with Gasteiger partial charge in [0.25, 0.3) is 5.91 Å². The maximum absolute atomic E-state index is 14.4. The van der Waals surface area contributed by atoms with Gasteiger partial charge in [-0.3, -0.25) is 28.9 Å². The Morgan fingerprint density at radius 3 is 2.02 bits per heavy atom. The van der Waals surface area contributed by atoms with Gasteiger partial charge in [-0.15, -0.1) is 0 Å². The summed E-state index contributed by atoms with van der Waals surface area (Å²) in [7, 11) is 8.59. The Labute approximate surface area is 377 Å². The predicted octanol–water partition coefficient (Wildman–Crippen LogP) is 5.22. The lowest BCUT2D eigenvalue weighted by molar-refractivity contribution is -0.148. The van der Waals surface area contributed by atoms with Gasteiger partial charge in [0, 0.05) is 52.2 Å². The lowest BCUT2D eigenvalue weighted by Crippen LogP contribution is -2.59. The minimum absolute atomic E-state index is 0.0160. The summed E-state index contributed by atoms with van der Waals surface area (Å²) in [5.41, 5.74) is 2.47. The average molecular weight is 878 g/mol. The average Bonchev–Trinajstić information content (AvgIpc) is 3.74.